The van der Waals surface area contributed by atoms with Crippen LogP contribution in [-0.2, 0) is 9.59 Å². The highest BCUT2D eigenvalue weighted by atomic mass is 19.1. The quantitative estimate of drug-likeness (QED) is 0.147. The van der Waals surface area contributed by atoms with Gasteiger partial charge in [-0.15, -0.1) is 0 Å². The van der Waals surface area contributed by atoms with Gasteiger partial charge in [0.2, 0.25) is 23.6 Å². The number of nitriles is 2. The van der Waals surface area contributed by atoms with E-state index in [1.807, 2.05) is 19.1 Å². The average molecular weight is 835 g/mol. The Balaban J connectivity index is 0.839. The van der Waals surface area contributed by atoms with Gasteiger partial charge in [0.25, 0.3) is 0 Å². The van der Waals surface area contributed by atoms with Crippen molar-refractivity contribution in [1.29, 1.82) is 10.5 Å². The van der Waals surface area contributed by atoms with Crippen LogP contribution in [0.5, 0.6) is 11.8 Å². The van der Waals surface area contributed by atoms with Crippen molar-refractivity contribution in [2.24, 2.45) is 44.7 Å². The van der Waals surface area contributed by atoms with E-state index in [0.29, 0.717) is 90.8 Å². The summed E-state index contributed by atoms with van der Waals surface area (Å²) in [4.78, 5) is 37.2. The van der Waals surface area contributed by atoms with Crippen LogP contribution in [0.2, 0.25) is 0 Å². The molecular formula is C48H44F2N8O4. The number of hydrogen-bond acceptors (Lipinski definition) is 10. The van der Waals surface area contributed by atoms with Gasteiger partial charge in [-0.3, -0.25) is 9.59 Å². The van der Waals surface area contributed by atoms with Gasteiger partial charge in [0.05, 0.1) is 41.8 Å². The number of amides is 2. The number of fused-ring (bicyclic) bond motifs is 2. The molecule has 62 heavy (non-hydrogen) atoms. The average Bonchev–Trinajstić information content (AvgIpc) is 3.91. The first kappa shape index (κ1) is 39.6. The van der Waals surface area contributed by atoms with Crippen LogP contribution in [0.25, 0.3) is 0 Å². The highest BCUT2D eigenvalue weighted by molar-refractivity contribution is 5.88. The van der Waals surface area contributed by atoms with Gasteiger partial charge in [0, 0.05) is 66.2 Å². The number of hydrogen-bond donors (Lipinski definition) is 0. The van der Waals surface area contributed by atoms with Gasteiger partial charge in [0.15, 0.2) is 0 Å². The van der Waals surface area contributed by atoms with Crippen LogP contribution >= 0.6 is 0 Å². The second-order valence-electron chi connectivity index (χ2n) is 18.4. The monoisotopic (exact) mass is 834 g/mol. The zero-order valence-corrected chi connectivity index (χ0v) is 34.4. The van der Waals surface area contributed by atoms with Gasteiger partial charge < -0.3 is 9.47 Å². The van der Waals surface area contributed by atoms with Crippen LogP contribution in [0.4, 0.5) is 8.78 Å². The van der Waals surface area contributed by atoms with E-state index >= 15 is 4.39 Å². The molecule has 4 aromatic rings. The molecule has 12 nitrogen and oxygen atoms in total. The Hall–Kier alpha value is -6.54. The summed E-state index contributed by atoms with van der Waals surface area (Å²) >= 11 is 0. The molecule has 2 aliphatic heterocycles. The highest BCUT2D eigenvalue weighted by Gasteiger charge is 2.73. The maximum Gasteiger partial charge on any atom is 0.249 e. The molecule has 0 N–H and O–H groups in total. The van der Waals surface area contributed by atoms with Crippen molar-refractivity contribution < 1.29 is 27.8 Å². The van der Waals surface area contributed by atoms with E-state index in [2.05, 4.69) is 27.2 Å². The number of aryl methyl sites for hydroxylation is 2. The molecule has 4 unspecified atom stereocenters. The van der Waals surface area contributed by atoms with E-state index in [-0.39, 0.29) is 46.4 Å². The molecule has 6 saturated carbocycles. The smallest absolute Gasteiger partial charge is 0.249 e. The summed E-state index contributed by atoms with van der Waals surface area (Å²) in [6.45, 7) is 4.22. The first-order chi connectivity index (χ1) is 30.0. The predicted molar refractivity (Wildman–Crippen MR) is 221 cm³/mol. The number of carbonyl (C=O) groups excluding carboxylic acids is 2. The summed E-state index contributed by atoms with van der Waals surface area (Å²) in [6.07, 6.45) is 11.0. The largest absolute Gasteiger partial charge is 0.477 e. The van der Waals surface area contributed by atoms with Crippen LogP contribution in [0.3, 0.4) is 0 Å². The Morgan fingerprint density at radius 2 is 1.65 bits per heavy atom. The summed E-state index contributed by atoms with van der Waals surface area (Å²) in [5.41, 5.74) is 2.81. The lowest BCUT2D eigenvalue weighted by Gasteiger charge is -2.69. The van der Waals surface area contributed by atoms with Crippen molar-refractivity contribution in [3.05, 3.63) is 118 Å². The normalized spacial score (nSPS) is 29.8. The summed E-state index contributed by atoms with van der Waals surface area (Å²) < 4.78 is 42.6. The number of halogens is 2. The van der Waals surface area contributed by atoms with Crippen LogP contribution in [0.15, 0.2) is 77.2 Å². The minimum Gasteiger partial charge on any atom is -0.477 e. The summed E-state index contributed by atoms with van der Waals surface area (Å²) in [6, 6.07) is 18.2. The predicted octanol–water partition coefficient (Wildman–Crippen LogP) is 8.02. The van der Waals surface area contributed by atoms with Gasteiger partial charge in [-0.1, -0.05) is 24.3 Å². The summed E-state index contributed by atoms with van der Waals surface area (Å²) in [5, 5.41) is 31.4. The van der Waals surface area contributed by atoms with Crippen LogP contribution in [-0.4, -0.2) is 57.4 Å². The molecule has 12 rings (SSSR count). The summed E-state index contributed by atoms with van der Waals surface area (Å²) in [7, 11) is 0. The number of aromatic nitrogens is 2. The zero-order valence-electron chi connectivity index (χ0n) is 34.4. The van der Waals surface area contributed by atoms with Crippen LogP contribution in [0.1, 0.15) is 102 Å². The standard InChI is InChI=1S/C48H44F2N8O4/c1-27-3-7-35(40(50)11-27)41-9-10-55-57(41)46(60)48-23-47(24-48,25-48)26-62-43-16-36(34(18-52)20-54-43)38-21-56-58(44(38)30-6-4-28(2)39(49)15-30)45(59)37-14-33(31-12-32(37)13-31)22-61-42-8-5-29(17-51)19-53-42/h3-8,10-11,15-16,19-21,31-33,37-38,41,44H,9,12-14,22-26H2,1-2H3/t31?,32?,33?,37-,38?,41?,44?,47?,48?/m0/s1. The number of carbonyl (C=O) groups is 2. The molecule has 4 heterocycles. The fraction of sp³-hybridized carbons (Fsp3) is 0.417. The van der Waals surface area contributed by atoms with E-state index in [0.717, 1.165) is 18.4 Å². The number of pyridine rings is 2. The van der Waals surface area contributed by atoms with Gasteiger partial charge in [-0.05, 0) is 111 Å². The molecule has 0 spiro atoms. The van der Waals surface area contributed by atoms with Crippen molar-refractivity contribution in [3.63, 3.8) is 0 Å². The second-order valence-corrected chi connectivity index (χ2v) is 18.4. The van der Waals surface area contributed by atoms with Crippen LogP contribution in [0, 0.1) is 82.6 Å². The third-order valence-corrected chi connectivity index (χ3v) is 14.4. The third kappa shape index (κ3) is 6.68. The minimum atomic E-state index is -0.732. The first-order valence-corrected chi connectivity index (χ1v) is 21.2. The molecule has 8 aliphatic rings. The van der Waals surface area contributed by atoms with E-state index in [1.54, 1.807) is 49.7 Å². The SMILES string of the molecule is Cc1ccc(C2CC=NN2C(=O)C23CC(COc4cc(C5C=NN(C(=O)[C@H]6CC(COc7ccc(C#N)cn7)C7CC6C7)C5c5ccc(C)c(F)c5)c(C#N)cn4)(C2)C3)c(F)c1. The Morgan fingerprint density at radius 1 is 0.839 bits per heavy atom. The lowest BCUT2D eigenvalue weighted by molar-refractivity contribution is -0.227. The Morgan fingerprint density at radius 3 is 2.37 bits per heavy atom. The molecule has 5 atom stereocenters. The molecule has 2 aromatic heterocycles. The van der Waals surface area contributed by atoms with Gasteiger partial charge in [0.1, 0.15) is 23.8 Å². The van der Waals surface area contributed by atoms with Crippen molar-refractivity contribution in [2.75, 3.05) is 13.2 Å². The molecule has 6 fully saturated rings. The fourth-order valence-corrected chi connectivity index (χ4v) is 11.1. The molecule has 0 radical (unpaired) electrons. The lowest BCUT2D eigenvalue weighted by atomic mass is 9.35. The number of benzene rings is 2. The molecule has 2 aromatic carbocycles. The van der Waals surface area contributed by atoms with Gasteiger partial charge in [-0.25, -0.2) is 28.8 Å². The second kappa shape index (κ2) is 15.1. The lowest BCUT2D eigenvalue weighted by Crippen LogP contribution is -2.69. The molecular weight excluding hydrogens is 791 g/mol. The minimum absolute atomic E-state index is 0.0929. The van der Waals surface area contributed by atoms with E-state index in [1.165, 1.54) is 34.5 Å². The van der Waals surface area contributed by atoms with Crippen LogP contribution < -0.4 is 9.47 Å². The van der Waals surface area contributed by atoms with Gasteiger partial charge in [-0.2, -0.15) is 20.7 Å². The van der Waals surface area contributed by atoms with Crippen molar-refractivity contribution in [3.8, 4) is 23.9 Å². The van der Waals surface area contributed by atoms with E-state index < -0.39 is 29.2 Å². The van der Waals surface area contributed by atoms with Gasteiger partial charge >= 0.3 is 0 Å². The number of rotatable bonds is 11. The fourth-order valence-electron chi connectivity index (χ4n) is 11.1. The summed E-state index contributed by atoms with van der Waals surface area (Å²) in [5.74, 6) is -0.437. The molecule has 0 saturated heterocycles. The Kier molecular flexibility index (Phi) is 9.65. The maximum absolute atomic E-state index is 15.3. The van der Waals surface area contributed by atoms with Crippen molar-refractivity contribution in [1.82, 2.24) is 20.0 Å². The molecule has 4 bridgehead atoms. The Labute approximate surface area is 357 Å². The third-order valence-electron chi connectivity index (χ3n) is 14.4. The first-order valence-electron chi connectivity index (χ1n) is 21.2. The number of hydrazone groups is 2. The molecule has 2 amide bonds. The van der Waals surface area contributed by atoms with Crippen molar-refractivity contribution >= 4 is 24.2 Å². The zero-order chi connectivity index (χ0) is 42.9. The number of ether oxygens (including phenoxy) is 2. The van der Waals surface area contributed by atoms with E-state index in [4.69, 9.17) is 19.8 Å². The Bertz CT molecular complexity index is 2610. The maximum atomic E-state index is 15.3. The van der Waals surface area contributed by atoms with E-state index in [9.17, 15) is 19.2 Å². The highest BCUT2D eigenvalue weighted by Crippen LogP contribution is 2.74. The van der Waals surface area contributed by atoms with Crippen molar-refractivity contribution in [2.45, 2.75) is 76.8 Å². The number of nitrogens with zero attached hydrogens (tertiary/aromatic N) is 8. The molecule has 314 valence electrons. The topological polar surface area (TPSA) is 157 Å². The molecule has 6 aliphatic carbocycles. The molecule has 14 heteroatoms.